The molecule has 1 aliphatic carbocycles. The molecule has 0 spiro atoms. The van der Waals surface area contributed by atoms with E-state index in [1.165, 1.54) is 0 Å². The predicted molar refractivity (Wildman–Crippen MR) is 83.9 cm³/mol. The average molecular weight is 329 g/mol. The normalized spacial score (nSPS) is 16.2. The lowest BCUT2D eigenvalue weighted by Gasteiger charge is -2.16. The summed E-state index contributed by atoms with van der Waals surface area (Å²) in [5, 5.41) is 15.6. The zero-order valence-electron chi connectivity index (χ0n) is 13.0. The highest BCUT2D eigenvalue weighted by atomic mass is 32.2. The lowest BCUT2D eigenvalue weighted by atomic mass is 10.1. The van der Waals surface area contributed by atoms with E-state index in [4.69, 9.17) is 10.2 Å². The van der Waals surface area contributed by atoms with Crippen molar-refractivity contribution < 1.29 is 18.3 Å². The first-order chi connectivity index (χ1) is 9.95. The number of carbonyl (C=O) groups is 1. The number of rotatable bonds is 3. The van der Waals surface area contributed by atoms with Gasteiger partial charge in [-0.3, -0.25) is 4.98 Å². The molecule has 1 heterocycles. The van der Waals surface area contributed by atoms with Gasteiger partial charge in [-0.1, -0.05) is 6.07 Å². The van der Waals surface area contributed by atoms with Gasteiger partial charge in [0, 0.05) is 17.9 Å². The minimum Gasteiger partial charge on any atom is -0.465 e. The molecule has 1 aromatic rings. The molecule has 8 heteroatoms. The smallest absolute Gasteiger partial charge is 0.405 e. The number of hydrogen-bond acceptors (Lipinski definition) is 4. The van der Waals surface area contributed by atoms with E-state index >= 15 is 0 Å². The number of pyridine rings is 1. The standard InChI is InChI=1S/C9H12N2O2S.C5H11NO2/c10-14(12,13)9(3-4-9)6-8-2-1-5-11-7-8;1-5(2,3)6-4(7)8/h1-2,5,7H,3-4,6H2,(H2,10,12,13);6H,1-3H3,(H,7,8). The van der Waals surface area contributed by atoms with Gasteiger partial charge in [-0.2, -0.15) is 0 Å². The molecule has 124 valence electrons. The minimum absolute atomic E-state index is 0.328. The Hall–Kier alpha value is -1.67. The third-order valence-electron chi connectivity index (χ3n) is 3.14. The molecule has 0 aliphatic heterocycles. The van der Waals surface area contributed by atoms with E-state index < -0.39 is 20.9 Å². The molecule has 0 unspecified atom stereocenters. The zero-order valence-corrected chi connectivity index (χ0v) is 13.9. The quantitative estimate of drug-likeness (QED) is 0.775. The third-order valence-corrected chi connectivity index (χ3v) is 4.90. The molecule has 0 radical (unpaired) electrons. The fourth-order valence-electron chi connectivity index (χ4n) is 1.90. The van der Waals surface area contributed by atoms with Gasteiger partial charge in [0.2, 0.25) is 10.0 Å². The molecule has 0 saturated heterocycles. The minimum atomic E-state index is -3.42. The number of nitrogens with one attached hydrogen (secondary N) is 1. The fraction of sp³-hybridized carbons (Fsp3) is 0.571. The van der Waals surface area contributed by atoms with Crippen molar-refractivity contribution in [3.05, 3.63) is 30.1 Å². The molecule has 1 aromatic heterocycles. The van der Waals surface area contributed by atoms with Crippen molar-refractivity contribution >= 4 is 16.1 Å². The molecule has 0 aromatic carbocycles. The first kappa shape index (κ1) is 18.4. The summed E-state index contributed by atoms with van der Waals surface area (Å²) in [5.74, 6) is 0. The summed E-state index contributed by atoms with van der Waals surface area (Å²) in [6.45, 7) is 5.38. The van der Waals surface area contributed by atoms with Crippen LogP contribution < -0.4 is 10.5 Å². The number of nitrogens with two attached hydrogens (primary N) is 1. The highest BCUT2D eigenvalue weighted by molar-refractivity contribution is 7.90. The highest BCUT2D eigenvalue weighted by Gasteiger charge is 2.52. The SMILES string of the molecule is CC(C)(C)NC(=O)O.NS(=O)(=O)C1(Cc2cccnc2)CC1. The monoisotopic (exact) mass is 329 g/mol. The number of sulfonamides is 1. The molecule has 1 fully saturated rings. The molecule has 1 saturated carbocycles. The number of primary sulfonamides is 1. The van der Waals surface area contributed by atoms with E-state index in [0.717, 1.165) is 5.56 Å². The van der Waals surface area contributed by atoms with Gasteiger partial charge in [0.25, 0.3) is 0 Å². The highest BCUT2D eigenvalue weighted by Crippen LogP contribution is 2.44. The lowest BCUT2D eigenvalue weighted by Crippen LogP contribution is -2.39. The van der Waals surface area contributed by atoms with Crippen molar-refractivity contribution in [2.45, 2.75) is 50.3 Å². The van der Waals surface area contributed by atoms with Gasteiger partial charge >= 0.3 is 6.09 Å². The summed E-state index contributed by atoms with van der Waals surface area (Å²) in [7, 11) is -3.42. The van der Waals surface area contributed by atoms with E-state index in [1.54, 1.807) is 39.2 Å². The second-order valence-corrected chi connectivity index (χ2v) is 8.40. The number of carboxylic acid groups (broad SMARTS) is 1. The molecule has 1 amide bonds. The van der Waals surface area contributed by atoms with E-state index in [9.17, 15) is 13.2 Å². The van der Waals surface area contributed by atoms with E-state index in [1.807, 2.05) is 6.07 Å². The molecule has 2 rings (SSSR count). The summed E-state index contributed by atoms with van der Waals surface area (Å²) in [6.07, 6.45) is 4.20. The van der Waals surface area contributed by atoms with Gasteiger partial charge in [0.1, 0.15) is 0 Å². The molecule has 7 nitrogen and oxygen atoms in total. The zero-order chi connectivity index (χ0) is 17.0. The van der Waals surface area contributed by atoms with E-state index in [2.05, 4.69) is 10.3 Å². The summed E-state index contributed by atoms with van der Waals surface area (Å²) in [6, 6.07) is 3.67. The van der Waals surface area contributed by atoms with Crippen molar-refractivity contribution in [1.82, 2.24) is 10.3 Å². The Bertz CT molecular complexity index is 605. The van der Waals surface area contributed by atoms with Crippen molar-refractivity contribution in [3.8, 4) is 0 Å². The number of amides is 1. The predicted octanol–water partition coefficient (Wildman–Crippen LogP) is 1.50. The molecular formula is C14H23N3O4S. The average Bonchev–Trinajstić information content (AvgIpc) is 3.08. The molecule has 22 heavy (non-hydrogen) atoms. The summed E-state index contributed by atoms with van der Waals surface area (Å²) in [4.78, 5) is 13.8. The van der Waals surface area contributed by atoms with Crippen LogP contribution in [0.4, 0.5) is 4.79 Å². The van der Waals surface area contributed by atoms with Gasteiger partial charge in [-0.15, -0.1) is 0 Å². The number of hydrogen-bond donors (Lipinski definition) is 3. The van der Waals surface area contributed by atoms with Crippen molar-refractivity contribution in [1.29, 1.82) is 0 Å². The van der Waals surface area contributed by atoms with Crippen LogP contribution in [0.25, 0.3) is 0 Å². The molecule has 0 bridgehead atoms. The van der Waals surface area contributed by atoms with Gasteiger partial charge in [-0.25, -0.2) is 18.4 Å². The van der Waals surface area contributed by atoms with Crippen LogP contribution in [-0.4, -0.2) is 34.9 Å². The Labute approximate surface area is 131 Å². The van der Waals surface area contributed by atoms with Crippen LogP contribution in [0.5, 0.6) is 0 Å². The molecular weight excluding hydrogens is 306 g/mol. The largest absolute Gasteiger partial charge is 0.465 e. The maximum absolute atomic E-state index is 11.3. The fourth-order valence-corrected chi connectivity index (χ4v) is 2.94. The third kappa shape index (κ3) is 5.98. The summed E-state index contributed by atoms with van der Waals surface area (Å²) >= 11 is 0. The number of nitrogens with zero attached hydrogens (tertiary/aromatic N) is 1. The Morgan fingerprint density at radius 1 is 1.45 bits per heavy atom. The number of aromatic nitrogens is 1. The molecule has 0 atom stereocenters. The Morgan fingerprint density at radius 3 is 2.32 bits per heavy atom. The van der Waals surface area contributed by atoms with Crippen LogP contribution in [0.2, 0.25) is 0 Å². The molecule has 4 N–H and O–H groups in total. The van der Waals surface area contributed by atoms with Gasteiger partial charge in [0.15, 0.2) is 0 Å². The summed E-state index contributed by atoms with van der Waals surface area (Å²) < 4.78 is 21.9. The maximum Gasteiger partial charge on any atom is 0.405 e. The summed E-state index contributed by atoms with van der Waals surface area (Å²) in [5.41, 5.74) is 0.602. The van der Waals surface area contributed by atoms with E-state index in [-0.39, 0.29) is 5.54 Å². The van der Waals surface area contributed by atoms with Crippen molar-refractivity contribution in [2.75, 3.05) is 0 Å². The van der Waals surface area contributed by atoms with Gasteiger partial charge < -0.3 is 10.4 Å². The van der Waals surface area contributed by atoms with Gasteiger partial charge in [0.05, 0.1) is 4.75 Å². The van der Waals surface area contributed by atoms with Crippen LogP contribution in [0.1, 0.15) is 39.2 Å². The Morgan fingerprint density at radius 2 is 2.05 bits per heavy atom. The van der Waals surface area contributed by atoms with Crippen LogP contribution in [0.15, 0.2) is 24.5 Å². The first-order valence-corrected chi connectivity index (χ1v) is 8.42. The van der Waals surface area contributed by atoms with Crippen molar-refractivity contribution in [2.24, 2.45) is 5.14 Å². The maximum atomic E-state index is 11.3. The van der Waals surface area contributed by atoms with Crippen LogP contribution in [-0.2, 0) is 16.4 Å². The van der Waals surface area contributed by atoms with Crippen LogP contribution in [0.3, 0.4) is 0 Å². The van der Waals surface area contributed by atoms with Gasteiger partial charge in [-0.05, 0) is 51.7 Å². The van der Waals surface area contributed by atoms with E-state index in [0.29, 0.717) is 19.3 Å². The second-order valence-electron chi connectivity index (χ2n) is 6.45. The van der Waals surface area contributed by atoms with Crippen LogP contribution >= 0.6 is 0 Å². The lowest BCUT2D eigenvalue weighted by molar-refractivity contribution is 0.184. The Kier molecular flexibility index (Phi) is 5.53. The first-order valence-electron chi connectivity index (χ1n) is 6.88. The molecule has 1 aliphatic rings. The second kappa shape index (κ2) is 6.62. The Balaban J connectivity index is 0.000000261. The van der Waals surface area contributed by atoms with Crippen LogP contribution in [0, 0.1) is 0 Å². The topological polar surface area (TPSA) is 122 Å². The van der Waals surface area contributed by atoms with Crippen molar-refractivity contribution in [3.63, 3.8) is 0 Å².